The molecule has 2 aromatic rings. The van der Waals surface area contributed by atoms with Crippen LogP contribution >= 0.6 is 11.8 Å². The Morgan fingerprint density at radius 1 is 1.00 bits per heavy atom. The Morgan fingerprint density at radius 3 is 2.30 bits per heavy atom. The number of carbonyl (C=O) groups excluding carboxylic acids is 1. The average Bonchev–Trinajstić information content (AvgIpc) is 2.61. The largest absolute Gasteiger partial charge is 0.294 e. The molecule has 120 valence electrons. The van der Waals surface area contributed by atoms with Crippen molar-refractivity contribution in [2.24, 2.45) is 0 Å². The van der Waals surface area contributed by atoms with Gasteiger partial charge in [0.15, 0.2) is 5.78 Å². The van der Waals surface area contributed by atoms with E-state index in [0.29, 0.717) is 6.42 Å². The topological polar surface area (TPSA) is 17.1 Å². The van der Waals surface area contributed by atoms with E-state index < -0.39 is 0 Å². The molecule has 2 heteroatoms. The molecular weight excluding hydrogens is 300 g/mol. The third-order valence-electron chi connectivity index (χ3n) is 3.62. The maximum Gasteiger partial charge on any atom is 0.169 e. The van der Waals surface area contributed by atoms with Gasteiger partial charge in [0.25, 0.3) is 0 Å². The lowest BCUT2D eigenvalue weighted by Gasteiger charge is -2.07. The van der Waals surface area contributed by atoms with E-state index in [0.717, 1.165) is 35.5 Å². The number of benzene rings is 2. The van der Waals surface area contributed by atoms with E-state index in [9.17, 15) is 4.79 Å². The smallest absolute Gasteiger partial charge is 0.169 e. The van der Waals surface area contributed by atoms with E-state index in [1.54, 1.807) is 11.8 Å². The highest BCUT2D eigenvalue weighted by atomic mass is 32.2. The highest BCUT2D eigenvalue weighted by Crippen LogP contribution is 2.28. The zero-order chi connectivity index (χ0) is 16.3. The van der Waals surface area contributed by atoms with Crippen LogP contribution in [0, 0.1) is 0 Å². The maximum atomic E-state index is 12.6. The summed E-state index contributed by atoms with van der Waals surface area (Å²) in [5, 5.41) is 0. The van der Waals surface area contributed by atoms with E-state index in [-0.39, 0.29) is 5.78 Å². The normalized spacial score (nSPS) is 11.4. The van der Waals surface area contributed by atoms with Gasteiger partial charge in [-0.1, -0.05) is 86.1 Å². The van der Waals surface area contributed by atoms with Crippen LogP contribution in [0.4, 0.5) is 0 Å². The van der Waals surface area contributed by atoms with Crippen molar-refractivity contribution in [3.05, 3.63) is 77.2 Å². The fraction of sp³-hybridized carbons (Fsp3) is 0.286. The van der Waals surface area contributed by atoms with Crippen LogP contribution in [0.1, 0.15) is 38.2 Å². The van der Waals surface area contributed by atoms with Crippen LogP contribution in [0.2, 0.25) is 0 Å². The highest BCUT2D eigenvalue weighted by molar-refractivity contribution is 8.04. The summed E-state index contributed by atoms with van der Waals surface area (Å²) in [5.74, 6) is 0.249. The summed E-state index contributed by atoms with van der Waals surface area (Å²) in [7, 11) is 0. The van der Waals surface area contributed by atoms with Gasteiger partial charge in [0.1, 0.15) is 0 Å². The van der Waals surface area contributed by atoms with Crippen molar-refractivity contribution in [2.45, 2.75) is 43.9 Å². The summed E-state index contributed by atoms with van der Waals surface area (Å²) in [6.45, 7) is 2.18. The quantitative estimate of drug-likeness (QED) is 0.317. The Balaban J connectivity index is 2.00. The summed E-state index contributed by atoms with van der Waals surface area (Å²) < 4.78 is 0. The Hall–Kier alpha value is -1.80. The van der Waals surface area contributed by atoms with Crippen LogP contribution in [-0.4, -0.2) is 5.78 Å². The summed E-state index contributed by atoms with van der Waals surface area (Å²) >= 11 is 1.59. The molecule has 0 bridgehead atoms. The Kier molecular flexibility index (Phi) is 7.68. The molecule has 23 heavy (non-hydrogen) atoms. The molecular formula is C21H24OS. The van der Waals surface area contributed by atoms with Crippen LogP contribution in [0.5, 0.6) is 0 Å². The first kappa shape index (κ1) is 17.6. The number of unbranched alkanes of at least 4 members (excludes halogenated alkanes) is 2. The second-order valence-electron chi connectivity index (χ2n) is 5.53. The molecule has 0 fully saturated rings. The van der Waals surface area contributed by atoms with Crippen LogP contribution in [0.3, 0.4) is 0 Å². The minimum Gasteiger partial charge on any atom is -0.294 e. The molecule has 0 aliphatic carbocycles. The molecule has 2 aromatic carbocycles. The van der Waals surface area contributed by atoms with Crippen molar-refractivity contribution in [3.8, 4) is 0 Å². The SMILES string of the molecule is CCCC/C=C(/Sc1ccccc1)C(=O)CCc1ccccc1. The lowest BCUT2D eigenvalue weighted by molar-refractivity contribution is -0.114. The molecule has 0 aliphatic heterocycles. The first-order chi connectivity index (χ1) is 11.3. The second-order valence-corrected chi connectivity index (χ2v) is 6.65. The van der Waals surface area contributed by atoms with Gasteiger partial charge in [0, 0.05) is 11.3 Å². The fourth-order valence-corrected chi connectivity index (χ4v) is 3.26. The molecule has 0 heterocycles. The first-order valence-corrected chi connectivity index (χ1v) is 9.11. The van der Waals surface area contributed by atoms with Gasteiger partial charge in [-0.15, -0.1) is 0 Å². The number of carbonyl (C=O) groups is 1. The van der Waals surface area contributed by atoms with Crippen molar-refractivity contribution in [2.75, 3.05) is 0 Å². The summed E-state index contributed by atoms with van der Waals surface area (Å²) in [6, 6.07) is 20.4. The van der Waals surface area contributed by atoms with Gasteiger partial charge in [-0.2, -0.15) is 0 Å². The molecule has 0 N–H and O–H groups in total. The Labute approximate surface area is 143 Å². The van der Waals surface area contributed by atoms with Crippen molar-refractivity contribution < 1.29 is 4.79 Å². The second kappa shape index (κ2) is 10.1. The van der Waals surface area contributed by atoms with Gasteiger partial charge in [-0.25, -0.2) is 0 Å². The summed E-state index contributed by atoms with van der Waals surface area (Å²) in [5.41, 5.74) is 1.22. The van der Waals surface area contributed by atoms with Gasteiger partial charge >= 0.3 is 0 Å². The van der Waals surface area contributed by atoms with E-state index in [2.05, 4.69) is 37.3 Å². The molecule has 0 radical (unpaired) electrons. The molecule has 0 aromatic heterocycles. The average molecular weight is 324 g/mol. The van der Waals surface area contributed by atoms with Gasteiger partial charge in [0.05, 0.1) is 4.91 Å². The van der Waals surface area contributed by atoms with E-state index in [1.165, 1.54) is 5.56 Å². The van der Waals surface area contributed by atoms with E-state index >= 15 is 0 Å². The molecule has 1 nitrogen and oxygen atoms in total. The lowest BCUT2D eigenvalue weighted by atomic mass is 10.1. The third kappa shape index (κ3) is 6.45. The van der Waals surface area contributed by atoms with E-state index in [4.69, 9.17) is 0 Å². The van der Waals surface area contributed by atoms with E-state index in [1.807, 2.05) is 36.4 Å². The van der Waals surface area contributed by atoms with Crippen molar-refractivity contribution in [1.29, 1.82) is 0 Å². The minimum absolute atomic E-state index is 0.249. The number of aryl methyl sites for hydroxylation is 1. The number of hydrogen-bond donors (Lipinski definition) is 0. The molecule has 0 saturated carbocycles. The van der Waals surface area contributed by atoms with Crippen LogP contribution in [0.25, 0.3) is 0 Å². The molecule has 0 atom stereocenters. The zero-order valence-corrected chi connectivity index (χ0v) is 14.5. The molecule has 0 aliphatic rings. The van der Waals surface area contributed by atoms with Gasteiger partial charge in [-0.05, 0) is 30.5 Å². The minimum atomic E-state index is 0.249. The number of rotatable bonds is 9. The number of thioether (sulfide) groups is 1. The van der Waals surface area contributed by atoms with Gasteiger partial charge in [0.2, 0.25) is 0 Å². The third-order valence-corrected chi connectivity index (χ3v) is 4.74. The molecule has 2 rings (SSSR count). The number of allylic oxidation sites excluding steroid dienone is 2. The summed E-state index contributed by atoms with van der Waals surface area (Å²) in [4.78, 5) is 14.6. The van der Waals surface area contributed by atoms with Crippen LogP contribution < -0.4 is 0 Å². The maximum absolute atomic E-state index is 12.6. The highest BCUT2D eigenvalue weighted by Gasteiger charge is 2.11. The number of hydrogen-bond acceptors (Lipinski definition) is 2. The monoisotopic (exact) mass is 324 g/mol. The Morgan fingerprint density at radius 2 is 1.65 bits per heavy atom. The standard InChI is InChI=1S/C21H24OS/c1-2-3-6-15-21(23-19-13-9-5-10-14-19)20(22)17-16-18-11-7-4-8-12-18/h4-5,7-15H,2-3,6,16-17H2,1H3/b21-15+. The van der Waals surface area contributed by atoms with Crippen LogP contribution in [0.15, 0.2) is 76.5 Å². The van der Waals surface area contributed by atoms with Gasteiger partial charge < -0.3 is 0 Å². The van der Waals surface area contributed by atoms with Gasteiger partial charge in [-0.3, -0.25) is 4.79 Å². The molecule has 0 saturated heterocycles. The predicted octanol–water partition coefficient (Wildman–Crippen LogP) is 6.05. The molecule has 0 amide bonds. The van der Waals surface area contributed by atoms with Crippen molar-refractivity contribution in [3.63, 3.8) is 0 Å². The number of Topliss-reactive ketones (excluding diaryl/α,β-unsaturated/α-hetero) is 1. The van der Waals surface area contributed by atoms with Crippen molar-refractivity contribution in [1.82, 2.24) is 0 Å². The first-order valence-electron chi connectivity index (χ1n) is 8.29. The summed E-state index contributed by atoms with van der Waals surface area (Å²) in [6.07, 6.45) is 6.75. The fourth-order valence-electron chi connectivity index (χ4n) is 2.29. The zero-order valence-electron chi connectivity index (χ0n) is 13.7. The molecule has 0 unspecified atom stereocenters. The predicted molar refractivity (Wildman–Crippen MR) is 99.7 cm³/mol. The Bertz CT molecular complexity index is 617. The lowest BCUT2D eigenvalue weighted by Crippen LogP contribution is -2.02. The number of ketones is 1. The molecule has 0 spiro atoms. The van der Waals surface area contributed by atoms with Crippen LogP contribution in [-0.2, 0) is 11.2 Å². The van der Waals surface area contributed by atoms with Crippen molar-refractivity contribution >= 4 is 17.5 Å².